The van der Waals surface area contributed by atoms with Gasteiger partial charge in [-0.2, -0.15) is 0 Å². The van der Waals surface area contributed by atoms with Gasteiger partial charge in [-0.05, 0) is 75.8 Å². The maximum Gasteiger partial charge on any atom is 0.0886 e. The van der Waals surface area contributed by atoms with Crippen molar-refractivity contribution in [1.29, 1.82) is 0 Å². The highest BCUT2D eigenvalue weighted by Crippen LogP contribution is 2.58. The predicted molar refractivity (Wildman–Crippen MR) is 233 cm³/mol. The fourth-order valence-electron chi connectivity index (χ4n) is 9.76. The van der Waals surface area contributed by atoms with Crippen LogP contribution in [0.5, 0.6) is 0 Å². The van der Waals surface area contributed by atoms with Gasteiger partial charge in [-0.1, -0.05) is 146 Å². The molecule has 0 saturated heterocycles. The van der Waals surface area contributed by atoms with Gasteiger partial charge in [0, 0.05) is 50.9 Å². The zero-order valence-electron chi connectivity index (χ0n) is 30.9. The third-order valence-corrected chi connectivity index (χ3v) is 12.1. The zero-order valence-corrected chi connectivity index (χ0v) is 30.9. The summed E-state index contributed by atoms with van der Waals surface area (Å²) >= 11 is 0. The van der Waals surface area contributed by atoms with Crippen LogP contribution in [0, 0.1) is 0 Å². The number of pyridine rings is 2. The summed E-state index contributed by atoms with van der Waals surface area (Å²) in [4.78, 5) is 9.91. The van der Waals surface area contributed by atoms with Crippen LogP contribution in [0.2, 0.25) is 0 Å². The Bertz CT molecular complexity index is 3230. The average Bonchev–Trinajstić information content (AvgIpc) is 3.92. The van der Waals surface area contributed by atoms with Crippen molar-refractivity contribution < 1.29 is 0 Å². The summed E-state index contributed by atoms with van der Waals surface area (Å²) in [5.41, 5.74) is 15.8. The molecule has 0 saturated carbocycles. The third kappa shape index (κ3) is 4.44. The quantitative estimate of drug-likeness (QED) is 0.177. The molecule has 0 radical (unpaired) electrons. The highest BCUT2D eigenvalue weighted by atomic mass is 15.0. The summed E-state index contributed by atoms with van der Waals surface area (Å²) in [5.74, 6) is 0. The molecule has 0 aliphatic heterocycles. The number of fused-ring (bicyclic) bond motifs is 10. The lowest BCUT2D eigenvalue weighted by atomic mass is 9.69. The molecule has 0 unspecified atom stereocenters. The molecule has 1 aliphatic rings. The first kappa shape index (κ1) is 31.8. The SMILES string of the molecule is c1ccc(C2(c3ccccc3)c3ccccc3-c3c2ncc2c3c3ccccc3n2-c2ccc(-c3ccc(-n4c5ccccc5c5cnccc54)cc3)cc2)cc1. The van der Waals surface area contributed by atoms with Gasteiger partial charge in [0.1, 0.15) is 0 Å². The van der Waals surface area contributed by atoms with Crippen molar-refractivity contribution in [3.05, 3.63) is 229 Å². The number of hydrogen-bond donors (Lipinski definition) is 0. The number of rotatable bonds is 5. The molecule has 7 aromatic carbocycles. The molecule has 0 spiro atoms. The summed E-state index contributed by atoms with van der Waals surface area (Å²) in [6.45, 7) is 0. The van der Waals surface area contributed by atoms with E-state index < -0.39 is 5.41 Å². The van der Waals surface area contributed by atoms with Crippen molar-refractivity contribution in [3.8, 4) is 33.6 Å². The second-order valence-corrected chi connectivity index (χ2v) is 15.0. The Balaban J connectivity index is 1.01. The maximum atomic E-state index is 5.50. The lowest BCUT2D eigenvalue weighted by Crippen LogP contribution is -2.29. The van der Waals surface area contributed by atoms with Crippen LogP contribution in [0.4, 0.5) is 0 Å². The zero-order chi connectivity index (χ0) is 37.5. The number of aromatic nitrogens is 4. The van der Waals surface area contributed by atoms with Crippen LogP contribution >= 0.6 is 0 Å². The molecule has 57 heavy (non-hydrogen) atoms. The normalized spacial score (nSPS) is 13.1. The summed E-state index contributed by atoms with van der Waals surface area (Å²) in [6, 6.07) is 68.0. The van der Waals surface area contributed by atoms with E-state index in [9.17, 15) is 0 Å². The van der Waals surface area contributed by atoms with E-state index in [1.807, 2.05) is 12.4 Å². The van der Waals surface area contributed by atoms with E-state index in [2.05, 4.69) is 208 Å². The topological polar surface area (TPSA) is 35.6 Å². The molecule has 4 aromatic heterocycles. The molecule has 0 amide bonds. The van der Waals surface area contributed by atoms with Crippen molar-refractivity contribution in [2.24, 2.45) is 0 Å². The Labute approximate surface area is 329 Å². The fraction of sp³-hybridized carbons (Fsp3) is 0.0189. The molecule has 0 N–H and O–H groups in total. The van der Waals surface area contributed by atoms with Crippen LogP contribution in [-0.2, 0) is 5.41 Å². The van der Waals surface area contributed by atoms with Crippen molar-refractivity contribution in [2.75, 3.05) is 0 Å². The summed E-state index contributed by atoms with van der Waals surface area (Å²) < 4.78 is 4.71. The number of hydrogen-bond acceptors (Lipinski definition) is 2. The van der Waals surface area contributed by atoms with Gasteiger partial charge >= 0.3 is 0 Å². The molecule has 4 nitrogen and oxygen atoms in total. The van der Waals surface area contributed by atoms with E-state index in [1.54, 1.807) is 0 Å². The van der Waals surface area contributed by atoms with Gasteiger partial charge < -0.3 is 9.13 Å². The fourth-order valence-corrected chi connectivity index (χ4v) is 9.76. The number of para-hydroxylation sites is 2. The standard InChI is InChI=1S/C53H34N4/c1-3-13-37(14-4-1)53(38-15-5-2-6-16-38)45-20-10-7-18-42(45)51-50-43-19-9-12-22-47(43)57(49(50)34-55-52(51)53)40-29-25-36(26-30-40)35-23-27-39(28-24-35)56-46-21-11-8-17-41(46)44-33-54-32-31-48(44)56/h1-34H. The van der Waals surface area contributed by atoms with E-state index >= 15 is 0 Å². The lowest BCUT2D eigenvalue weighted by Gasteiger charge is -2.32. The Hall–Kier alpha value is -7.56. The Morgan fingerprint density at radius 3 is 1.60 bits per heavy atom. The second-order valence-electron chi connectivity index (χ2n) is 15.0. The van der Waals surface area contributed by atoms with Crippen LogP contribution in [0.25, 0.3) is 77.2 Å². The Morgan fingerprint density at radius 1 is 0.404 bits per heavy atom. The van der Waals surface area contributed by atoms with Crippen LogP contribution in [0.1, 0.15) is 22.4 Å². The van der Waals surface area contributed by atoms with Gasteiger partial charge in [-0.25, -0.2) is 0 Å². The van der Waals surface area contributed by atoms with Crippen molar-refractivity contribution in [3.63, 3.8) is 0 Å². The highest BCUT2D eigenvalue weighted by Gasteiger charge is 2.48. The molecule has 4 heterocycles. The molecular formula is C53H34N4. The molecule has 0 bridgehead atoms. The van der Waals surface area contributed by atoms with Gasteiger partial charge in [0.2, 0.25) is 0 Å². The molecule has 11 aromatic rings. The van der Waals surface area contributed by atoms with Gasteiger partial charge in [0.05, 0.1) is 39.4 Å². The van der Waals surface area contributed by atoms with Gasteiger partial charge in [-0.15, -0.1) is 0 Å². The third-order valence-electron chi connectivity index (χ3n) is 12.1. The maximum absolute atomic E-state index is 5.50. The molecule has 0 fully saturated rings. The van der Waals surface area contributed by atoms with E-state index in [4.69, 9.17) is 4.98 Å². The summed E-state index contributed by atoms with van der Waals surface area (Å²) in [7, 11) is 0. The largest absolute Gasteiger partial charge is 0.309 e. The predicted octanol–water partition coefficient (Wildman–Crippen LogP) is 12.7. The Kier molecular flexibility index (Phi) is 6.81. The number of benzene rings is 7. The highest BCUT2D eigenvalue weighted by molar-refractivity contribution is 6.18. The minimum Gasteiger partial charge on any atom is -0.309 e. The first-order valence-corrected chi connectivity index (χ1v) is 19.5. The molecule has 4 heteroatoms. The average molecular weight is 727 g/mol. The minimum absolute atomic E-state index is 0.554. The van der Waals surface area contributed by atoms with Crippen molar-refractivity contribution in [2.45, 2.75) is 5.41 Å². The van der Waals surface area contributed by atoms with Crippen LogP contribution in [0.3, 0.4) is 0 Å². The van der Waals surface area contributed by atoms with Crippen molar-refractivity contribution in [1.82, 2.24) is 19.1 Å². The van der Waals surface area contributed by atoms with Crippen LogP contribution < -0.4 is 0 Å². The summed E-state index contributed by atoms with van der Waals surface area (Å²) in [6.07, 6.45) is 5.94. The summed E-state index contributed by atoms with van der Waals surface area (Å²) in [5, 5.41) is 4.82. The van der Waals surface area contributed by atoms with E-state index in [-0.39, 0.29) is 0 Å². The first-order valence-electron chi connectivity index (χ1n) is 19.5. The molecule has 1 aliphatic carbocycles. The molecular weight excluding hydrogens is 693 g/mol. The Morgan fingerprint density at radius 2 is 0.930 bits per heavy atom. The minimum atomic E-state index is -0.554. The van der Waals surface area contributed by atoms with E-state index in [0.29, 0.717) is 0 Å². The van der Waals surface area contributed by atoms with E-state index in [1.165, 1.54) is 60.6 Å². The van der Waals surface area contributed by atoms with E-state index in [0.717, 1.165) is 39.0 Å². The van der Waals surface area contributed by atoms with Gasteiger partial charge in [0.25, 0.3) is 0 Å². The molecule has 266 valence electrons. The molecule has 12 rings (SSSR count). The van der Waals surface area contributed by atoms with Crippen molar-refractivity contribution >= 4 is 43.6 Å². The number of nitrogens with zero attached hydrogens (tertiary/aromatic N) is 4. The first-order chi connectivity index (χ1) is 28.3. The van der Waals surface area contributed by atoms with Gasteiger partial charge in [0.15, 0.2) is 0 Å². The lowest BCUT2D eigenvalue weighted by molar-refractivity contribution is 0.739. The smallest absolute Gasteiger partial charge is 0.0886 e. The van der Waals surface area contributed by atoms with Gasteiger partial charge in [-0.3, -0.25) is 9.97 Å². The second kappa shape index (κ2) is 12.2. The molecule has 0 atom stereocenters. The monoisotopic (exact) mass is 726 g/mol. The van der Waals surface area contributed by atoms with Crippen LogP contribution in [0.15, 0.2) is 207 Å². The van der Waals surface area contributed by atoms with Crippen LogP contribution in [-0.4, -0.2) is 19.1 Å².